The molecule has 3 aromatic rings. The van der Waals surface area contributed by atoms with Crippen molar-refractivity contribution in [2.24, 2.45) is 0 Å². The van der Waals surface area contributed by atoms with Crippen LogP contribution in [0.5, 0.6) is 5.75 Å². The van der Waals surface area contributed by atoms with Gasteiger partial charge in [-0.1, -0.05) is 54.6 Å². The molecule has 0 aliphatic heterocycles. The second-order valence-corrected chi connectivity index (χ2v) is 6.40. The number of Topliss-reactive ketones (excluding diaryl/α,β-unsaturated/α-hetero) is 1. The average molecular weight is 382 g/mol. The van der Waals surface area contributed by atoms with Crippen molar-refractivity contribution >= 4 is 11.6 Å². The molecule has 3 nitrogen and oxygen atoms in total. The summed E-state index contributed by atoms with van der Waals surface area (Å²) in [6.45, 7) is 0. The van der Waals surface area contributed by atoms with Gasteiger partial charge in [0.2, 0.25) is 0 Å². The highest BCUT2D eigenvalue weighted by Gasteiger charge is 2.32. The number of carbonyl (C=O) groups excluding carboxylic acids is 2. The van der Waals surface area contributed by atoms with Crippen molar-refractivity contribution in [3.05, 3.63) is 89.0 Å². The number of hydrogen-bond acceptors (Lipinski definition) is 3. The molecule has 0 saturated heterocycles. The summed E-state index contributed by atoms with van der Waals surface area (Å²) < 4.78 is 41.1. The van der Waals surface area contributed by atoms with Crippen molar-refractivity contribution in [3.63, 3.8) is 0 Å². The van der Waals surface area contributed by atoms with Gasteiger partial charge in [-0.2, -0.15) is 0 Å². The van der Waals surface area contributed by atoms with Crippen molar-refractivity contribution in [2.75, 3.05) is 0 Å². The average Bonchev–Trinajstić information content (AvgIpc) is 2.94. The number of benzene rings is 3. The van der Waals surface area contributed by atoms with Gasteiger partial charge in [-0.15, -0.1) is 13.2 Å². The fourth-order valence-corrected chi connectivity index (χ4v) is 3.44. The number of rotatable bonds is 4. The van der Waals surface area contributed by atoms with E-state index in [2.05, 4.69) is 4.74 Å². The molecule has 140 valence electrons. The summed E-state index contributed by atoms with van der Waals surface area (Å²) in [6.07, 6.45) is -4.95. The zero-order valence-corrected chi connectivity index (χ0v) is 14.4. The summed E-state index contributed by atoms with van der Waals surface area (Å²) in [7, 11) is 0. The Balaban J connectivity index is 1.65. The van der Waals surface area contributed by atoms with E-state index in [1.54, 1.807) is 36.4 Å². The van der Waals surface area contributed by atoms with Crippen LogP contribution < -0.4 is 4.74 Å². The predicted molar refractivity (Wildman–Crippen MR) is 96.5 cm³/mol. The molecule has 1 aliphatic rings. The van der Waals surface area contributed by atoms with E-state index < -0.39 is 6.36 Å². The molecule has 0 spiro atoms. The van der Waals surface area contributed by atoms with Crippen LogP contribution in [0.4, 0.5) is 13.2 Å². The van der Waals surface area contributed by atoms with Crippen molar-refractivity contribution < 1.29 is 27.5 Å². The minimum Gasteiger partial charge on any atom is -0.406 e. The zero-order valence-electron chi connectivity index (χ0n) is 14.4. The minimum absolute atomic E-state index is 0.144. The van der Waals surface area contributed by atoms with Crippen LogP contribution in [0.15, 0.2) is 66.7 Å². The summed E-state index contributed by atoms with van der Waals surface area (Å²) in [4.78, 5) is 25.6. The number of fused-ring (bicyclic) bond motifs is 3. The Hall–Kier alpha value is -3.41. The third-order valence-corrected chi connectivity index (χ3v) is 4.55. The first-order chi connectivity index (χ1) is 13.3. The van der Waals surface area contributed by atoms with Gasteiger partial charge in [0.15, 0.2) is 11.6 Å². The molecule has 6 heteroatoms. The van der Waals surface area contributed by atoms with Crippen molar-refractivity contribution in [3.8, 4) is 16.9 Å². The summed E-state index contributed by atoms with van der Waals surface area (Å²) in [6, 6.07) is 17.4. The van der Waals surface area contributed by atoms with Crippen LogP contribution in [-0.2, 0) is 6.42 Å². The third kappa shape index (κ3) is 3.29. The molecule has 0 aromatic heterocycles. The maximum Gasteiger partial charge on any atom is 0.573 e. The number of ether oxygens (including phenoxy) is 1. The van der Waals surface area contributed by atoms with Gasteiger partial charge in [-0.3, -0.25) is 9.59 Å². The van der Waals surface area contributed by atoms with Crippen LogP contribution in [0.3, 0.4) is 0 Å². The van der Waals surface area contributed by atoms with E-state index in [4.69, 9.17) is 0 Å². The summed E-state index contributed by atoms with van der Waals surface area (Å²) >= 11 is 0. The lowest BCUT2D eigenvalue weighted by Crippen LogP contribution is -2.17. The quantitative estimate of drug-likeness (QED) is 0.455. The highest BCUT2D eigenvalue weighted by molar-refractivity contribution is 6.26. The lowest BCUT2D eigenvalue weighted by atomic mass is 9.95. The van der Waals surface area contributed by atoms with E-state index >= 15 is 0 Å². The summed E-state index contributed by atoms with van der Waals surface area (Å²) in [5.74, 6) is -0.953. The van der Waals surface area contributed by atoms with E-state index in [-0.39, 0.29) is 29.3 Å². The van der Waals surface area contributed by atoms with Crippen LogP contribution in [-0.4, -0.2) is 17.9 Å². The standard InChI is InChI=1S/C22H13F3O3/c23-22(24,25)28-14-6-3-5-13(11-14)12-19(26)18-10-4-9-16-15-7-1-2-8-17(15)21(27)20(16)18/h1-11H,12H2. The molecular formula is C22H13F3O3. The van der Waals surface area contributed by atoms with Crippen LogP contribution in [0.25, 0.3) is 11.1 Å². The van der Waals surface area contributed by atoms with Gasteiger partial charge in [0.25, 0.3) is 0 Å². The highest BCUT2D eigenvalue weighted by Crippen LogP contribution is 2.38. The lowest BCUT2D eigenvalue weighted by Gasteiger charge is -2.10. The maximum absolute atomic E-state index is 12.9. The number of ketones is 2. The molecule has 0 amide bonds. The van der Waals surface area contributed by atoms with E-state index in [0.29, 0.717) is 22.3 Å². The smallest absolute Gasteiger partial charge is 0.406 e. The van der Waals surface area contributed by atoms with Crippen molar-refractivity contribution in [1.29, 1.82) is 0 Å². The first kappa shape index (κ1) is 18.0. The first-order valence-electron chi connectivity index (χ1n) is 8.48. The normalized spacial score (nSPS) is 12.5. The Bertz CT molecular complexity index is 1100. The molecule has 1 aliphatic carbocycles. The fourth-order valence-electron chi connectivity index (χ4n) is 3.44. The van der Waals surface area contributed by atoms with Gasteiger partial charge >= 0.3 is 6.36 Å². The van der Waals surface area contributed by atoms with Gasteiger partial charge in [-0.25, -0.2) is 0 Å². The molecule has 0 fully saturated rings. The van der Waals surface area contributed by atoms with Crippen LogP contribution >= 0.6 is 0 Å². The fraction of sp³-hybridized carbons (Fsp3) is 0.0909. The van der Waals surface area contributed by atoms with Gasteiger partial charge in [0.05, 0.1) is 0 Å². The molecule has 0 unspecified atom stereocenters. The predicted octanol–water partition coefficient (Wildman–Crippen LogP) is 5.22. The number of hydrogen-bond donors (Lipinski definition) is 0. The molecule has 0 saturated carbocycles. The van der Waals surface area contributed by atoms with Crippen molar-refractivity contribution in [2.45, 2.75) is 12.8 Å². The molecule has 3 aromatic carbocycles. The monoisotopic (exact) mass is 382 g/mol. The molecule has 0 N–H and O–H groups in total. The second kappa shape index (κ2) is 6.64. The number of carbonyl (C=O) groups is 2. The van der Waals surface area contributed by atoms with E-state index in [1.807, 2.05) is 12.1 Å². The maximum atomic E-state index is 12.9. The molecular weight excluding hydrogens is 369 g/mol. The van der Waals surface area contributed by atoms with Gasteiger partial charge in [0, 0.05) is 23.1 Å². The van der Waals surface area contributed by atoms with Gasteiger partial charge < -0.3 is 4.74 Å². The zero-order chi connectivity index (χ0) is 19.9. The molecule has 0 atom stereocenters. The SMILES string of the molecule is O=C(Cc1cccc(OC(F)(F)F)c1)c1cccc2c1C(=O)c1ccccc1-2. The van der Waals surface area contributed by atoms with E-state index in [1.165, 1.54) is 18.2 Å². The van der Waals surface area contributed by atoms with Gasteiger partial charge in [0.1, 0.15) is 5.75 Å². The van der Waals surface area contributed by atoms with Crippen LogP contribution in [0, 0.1) is 0 Å². The molecule has 28 heavy (non-hydrogen) atoms. The molecule has 4 rings (SSSR count). The summed E-state index contributed by atoms with van der Waals surface area (Å²) in [5.41, 5.74) is 2.99. The third-order valence-electron chi connectivity index (χ3n) is 4.55. The van der Waals surface area contributed by atoms with Gasteiger partial charge in [-0.05, 0) is 28.8 Å². The van der Waals surface area contributed by atoms with E-state index in [0.717, 1.165) is 5.56 Å². The second-order valence-electron chi connectivity index (χ2n) is 6.40. The molecule has 0 bridgehead atoms. The number of alkyl halides is 3. The lowest BCUT2D eigenvalue weighted by molar-refractivity contribution is -0.274. The number of halogens is 3. The minimum atomic E-state index is -4.80. The largest absolute Gasteiger partial charge is 0.573 e. The molecule has 0 radical (unpaired) electrons. The molecule has 0 heterocycles. The van der Waals surface area contributed by atoms with Crippen LogP contribution in [0.1, 0.15) is 31.8 Å². The Morgan fingerprint density at radius 1 is 0.857 bits per heavy atom. The highest BCUT2D eigenvalue weighted by atomic mass is 19.4. The Kier molecular flexibility index (Phi) is 4.26. The van der Waals surface area contributed by atoms with E-state index in [9.17, 15) is 22.8 Å². The Labute approximate surface area is 158 Å². The topological polar surface area (TPSA) is 43.4 Å². The van der Waals surface area contributed by atoms with Crippen molar-refractivity contribution in [1.82, 2.24) is 0 Å². The first-order valence-corrected chi connectivity index (χ1v) is 8.48. The Morgan fingerprint density at radius 2 is 1.54 bits per heavy atom. The summed E-state index contributed by atoms with van der Waals surface area (Å²) in [5, 5.41) is 0. The van der Waals surface area contributed by atoms with Crippen LogP contribution in [0.2, 0.25) is 0 Å². The Morgan fingerprint density at radius 3 is 2.29 bits per heavy atom.